The molecule has 0 bridgehead atoms. The van der Waals surface area contributed by atoms with Gasteiger partial charge in [-0.1, -0.05) is 5.16 Å². The number of hydrogen-bond acceptors (Lipinski definition) is 8. The van der Waals surface area contributed by atoms with Gasteiger partial charge in [-0.3, -0.25) is 4.98 Å². The van der Waals surface area contributed by atoms with Gasteiger partial charge in [0, 0.05) is 13.0 Å². The third-order valence-electron chi connectivity index (χ3n) is 2.08. The quantitative estimate of drug-likeness (QED) is 0.754. The summed E-state index contributed by atoms with van der Waals surface area (Å²) in [5.41, 5.74) is 0.153. The molecule has 0 spiro atoms. The molecular formula is C10H11N5O3. The molecule has 0 atom stereocenters. The van der Waals surface area contributed by atoms with Crippen molar-refractivity contribution in [1.29, 1.82) is 0 Å². The highest BCUT2D eigenvalue weighted by Crippen LogP contribution is 2.03. The minimum Gasteiger partial charge on any atom is -0.464 e. The van der Waals surface area contributed by atoms with Crippen molar-refractivity contribution >= 4 is 11.8 Å². The number of esters is 1. The fourth-order valence-corrected chi connectivity index (χ4v) is 1.26. The van der Waals surface area contributed by atoms with Gasteiger partial charge in [0.1, 0.15) is 5.82 Å². The minimum atomic E-state index is -0.525. The summed E-state index contributed by atoms with van der Waals surface area (Å²) in [6, 6.07) is 0. The molecule has 0 aliphatic heterocycles. The van der Waals surface area contributed by atoms with Gasteiger partial charge < -0.3 is 14.6 Å². The highest BCUT2D eigenvalue weighted by Gasteiger charge is 2.08. The fourth-order valence-electron chi connectivity index (χ4n) is 1.26. The van der Waals surface area contributed by atoms with Crippen LogP contribution in [0.25, 0.3) is 0 Å². The Kier molecular flexibility index (Phi) is 3.79. The number of carbonyl (C=O) groups excluding carboxylic acids is 1. The van der Waals surface area contributed by atoms with E-state index in [0.29, 0.717) is 24.7 Å². The van der Waals surface area contributed by atoms with Crippen LogP contribution in [0.2, 0.25) is 0 Å². The molecule has 94 valence electrons. The van der Waals surface area contributed by atoms with Crippen LogP contribution in [0.3, 0.4) is 0 Å². The molecule has 8 heteroatoms. The van der Waals surface area contributed by atoms with E-state index in [9.17, 15) is 4.79 Å². The van der Waals surface area contributed by atoms with Gasteiger partial charge in [-0.15, -0.1) is 0 Å². The molecule has 2 heterocycles. The van der Waals surface area contributed by atoms with Crippen molar-refractivity contribution in [1.82, 2.24) is 20.1 Å². The lowest BCUT2D eigenvalue weighted by molar-refractivity contribution is 0.0593. The Morgan fingerprint density at radius 2 is 2.39 bits per heavy atom. The number of rotatable bonds is 5. The summed E-state index contributed by atoms with van der Waals surface area (Å²) in [6.45, 7) is 0.543. The molecule has 8 nitrogen and oxygen atoms in total. The van der Waals surface area contributed by atoms with Gasteiger partial charge >= 0.3 is 5.97 Å². The first-order valence-electron chi connectivity index (χ1n) is 5.19. The molecule has 0 saturated carbocycles. The number of ether oxygens (including phenoxy) is 1. The molecular weight excluding hydrogens is 238 g/mol. The first-order chi connectivity index (χ1) is 8.79. The molecule has 0 fully saturated rings. The molecule has 1 N–H and O–H groups in total. The number of aromatic nitrogens is 4. The Labute approximate surface area is 102 Å². The second kappa shape index (κ2) is 5.71. The maximum absolute atomic E-state index is 11.2. The van der Waals surface area contributed by atoms with Gasteiger partial charge in [0.05, 0.1) is 19.5 Å². The van der Waals surface area contributed by atoms with E-state index in [2.05, 4.69) is 30.2 Å². The Balaban J connectivity index is 1.91. The van der Waals surface area contributed by atoms with Gasteiger partial charge in [-0.2, -0.15) is 4.98 Å². The van der Waals surface area contributed by atoms with Crippen molar-refractivity contribution < 1.29 is 14.1 Å². The van der Waals surface area contributed by atoms with Crippen LogP contribution in [0.4, 0.5) is 5.82 Å². The average molecular weight is 249 g/mol. The summed E-state index contributed by atoms with van der Waals surface area (Å²) in [5.74, 6) is 0.486. The van der Waals surface area contributed by atoms with Gasteiger partial charge in [-0.25, -0.2) is 9.78 Å². The first-order valence-corrected chi connectivity index (χ1v) is 5.19. The zero-order chi connectivity index (χ0) is 12.8. The SMILES string of the molecule is COC(=O)c1cncc(NCCc2ncno2)n1. The predicted molar refractivity (Wildman–Crippen MR) is 59.9 cm³/mol. The maximum Gasteiger partial charge on any atom is 0.358 e. The van der Waals surface area contributed by atoms with Crippen molar-refractivity contribution in [2.75, 3.05) is 19.0 Å². The average Bonchev–Trinajstić information content (AvgIpc) is 2.91. The molecule has 2 aromatic heterocycles. The number of nitrogens with zero attached hydrogens (tertiary/aromatic N) is 4. The van der Waals surface area contributed by atoms with E-state index in [-0.39, 0.29) is 5.69 Å². The summed E-state index contributed by atoms with van der Waals surface area (Å²) < 4.78 is 9.39. The summed E-state index contributed by atoms with van der Waals surface area (Å²) in [4.78, 5) is 23.1. The van der Waals surface area contributed by atoms with Crippen molar-refractivity contribution in [3.8, 4) is 0 Å². The van der Waals surface area contributed by atoms with E-state index in [1.165, 1.54) is 25.8 Å². The zero-order valence-electron chi connectivity index (χ0n) is 9.66. The first kappa shape index (κ1) is 12.0. The molecule has 2 rings (SSSR count). The number of methoxy groups -OCH3 is 1. The standard InChI is InChI=1S/C10H11N5O3/c1-17-10(16)7-4-11-5-8(15-7)12-3-2-9-13-6-14-18-9/h4-6H,2-3H2,1H3,(H,12,15). The smallest absolute Gasteiger partial charge is 0.358 e. The van der Waals surface area contributed by atoms with Crippen molar-refractivity contribution in [2.24, 2.45) is 0 Å². The van der Waals surface area contributed by atoms with Gasteiger partial charge in [0.2, 0.25) is 5.89 Å². The van der Waals surface area contributed by atoms with E-state index >= 15 is 0 Å². The van der Waals surface area contributed by atoms with Crippen molar-refractivity contribution in [3.63, 3.8) is 0 Å². The second-order valence-electron chi connectivity index (χ2n) is 3.29. The van der Waals surface area contributed by atoms with Crippen LogP contribution < -0.4 is 5.32 Å². The molecule has 0 aromatic carbocycles. The zero-order valence-corrected chi connectivity index (χ0v) is 9.66. The molecule has 0 radical (unpaired) electrons. The molecule has 0 saturated heterocycles. The number of hydrogen-bond donors (Lipinski definition) is 1. The third kappa shape index (κ3) is 3.00. The number of nitrogens with one attached hydrogen (secondary N) is 1. The van der Waals surface area contributed by atoms with Crippen LogP contribution in [0.1, 0.15) is 16.4 Å². The van der Waals surface area contributed by atoms with Crippen molar-refractivity contribution in [3.05, 3.63) is 30.3 Å². The van der Waals surface area contributed by atoms with Crippen LogP contribution in [0, 0.1) is 0 Å². The molecule has 0 amide bonds. The lowest BCUT2D eigenvalue weighted by atomic mass is 10.4. The molecule has 0 aliphatic carbocycles. The number of carbonyl (C=O) groups is 1. The highest BCUT2D eigenvalue weighted by atomic mass is 16.5. The molecule has 2 aromatic rings. The minimum absolute atomic E-state index is 0.153. The van der Waals surface area contributed by atoms with Crippen LogP contribution in [-0.2, 0) is 11.2 Å². The predicted octanol–water partition coefficient (Wildman–Crippen LogP) is 0.301. The maximum atomic E-state index is 11.2. The van der Waals surface area contributed by atoms with Gasteiger partial charge in [0.15, 0.2) is 12.0 Å². The monoisotopic (exact) mass is 249 g/mol. The lowest BCUT2D eigenvalue weighted by Gasteiger charge is -2.04. The van der Waals surface area contributed by atoms with Crippen LogP contribution >= 0.6 is 0 Å². The fraction of sp³-hybridized carbons (Fsp3) is 0.300. The summed E-state index contributed by atoms with van der Waals surface area (Å²) >= 11 is 0. The van der Waals surface area contributed by atoms with E-state index in [1.54, 1.807) is 0 Å². The Bertz CT molecular complexity index is 514. The Hall–Kier alpha value is -2.51. The van der Waals surface area contributed by atoms with E-state index < -0.39 is 5.97 Å². The highest BCUT2D eigenvalue weighted by molar-refractivity contribution is 5.87. The van der Waals surface area contributed by atoms with E-state index in [0.717, 1.165) is 0 Å². The largest absolute Gasteiger partial charge is 0.464 e. The number of anilines is 1. The molecule has 0 aliphatic rings. The normalized spacial score (nSPS) is 10.1. The third-order valence-corrected chi connectivity index (χ3v) is 2.08. The van der Waals surface area contributed by atoms with E-state index in [4.69, 9.17) is 4.52 Å². The summed E-state index contributed by atoms with van der Waals surface area (Å²) in [7, 11) is 1.29. The topological polar surface area (TPSA) is 103 Å². The van der Waals surface area contributed by atoms with Crippen molar-refractivity contribution in [2.45, 2.75) is 6.42 Å². The Morgan fingerprint density at radius 3 is 3.11 bits per heavy atom. The van der Waals surface area contributed by atoms with Gasteiger partial charge in [-0.05, 0) is 0 Å². The van der Waals surface area contributed by atoms with E-state index in [1.807, 2.05) is 0 Å². The van der Waals surface area contributed by atoms with Crippen LogP contribution in [-0.4, -0.2) is 39.7 Å². The summed E-state index contributed by atoms with van der Waals surface area (Å²) in [5, 5.41) is 6.49. The van der Waals surface area contributed by atoms with Crippen LogP contribution in [0.15, 0.2) is 23.2 Å². The Morgan fingerprint density at radius 1 is 1.50 bits per heavy atom. The molecule has 0 unspecified atom stereocenters. The van der Waals surface area contributed by atoms with Crippen LogP contribution in [0.5, 0.6) is 0 Å². The lowest BCUT2D eigenvalue weighted by Crippen LogP contribution is -2.10. The summed E-state index contributed by atoms with van der Waals surface area (Å²) in [6.07, 6.45) is 4.76. The second-order valence-corrected chi connectivity index (χ2v) is 3.29. The molecule has 18 heavy (non-hydrogen) atoms. The van der Waals surface area contributed by atoms with Gasteiger partial charge in [0.25, 0.3) is 0 Å².